The van der Waals surface area contributed by atoms with Gasteiger partial charge >= 0.3 is 0 Å². The fourth-order valence-electron chi connectivity index (χ4n) is 3.70. The Hall–Kier alpha value is -1.39. The van der Waals surface area contributed by atoms with E-state index in [1.807, 2.05) is 0 Å². The number of rotatable bonds is 7. The number of carbonyl (C=O) groups excluding carboxylic acids is 1. The predicted octanol–water partition coefficient (Wildman–Crippen LogP) is 2.92. The molecule has 24 heavy (non-hydrogen) atoms. The first-order valence-corrected chi connectivity index (χ1v) is 9.33. The van der Waals surface area contributed by atoms with Crippen LogP contribution in [0.5, 0.6) is 0 Å². The molecule has 1 heterocycles. The molecule has 1 fully saturated rings. The molecule has 1 aliphatic heterocycles. The summed E-state index contributed by atoms with van der Waals surface area (Å²) in [6.45, 7) is 8.81. The smallest absolute Gasteiger partial charge is 0.227 e. The van der Waals surface area contributed by atoms with Crippen molar-refractivity contribution < 1.29 is 4.79 Å². The average molecular weight is 332 g/mol. The van der Waals surface area contributed by atoms with Crippen molar-refractivity contribution in [3.05, 3.63) is 35.9 Å². The monoisotopic (exact) mass is 331 g/mol. The quantitative estimate of drug-likeness (QED) is 0.808. The number of nitrogens with two attached hydrogens (primary N) is 1. The average Bonchev–Trinajstić information content (AvgIpc) is 2.60. The zero-order valence-corrected chi connectivity index (χ0v) is 15.4. The predicted molar refractivity (Wildman–Crippen MR) is 99.5 cm³/mol. The van der Waals surface area contributed by atoms with E-state index in [0.29, 0.717) is 12.6 Å². The van der Waals surface area contributed by atoms with E-state index in [0.717, 1.165) is 38.8 Å². The van der Waals surface area contributed by atoms with Gasteiger partial charge in [-0.05, 0) is 38.2 Å². The van der Waals surface area contributed by atoms with Crippen LogP contribution in [0.3, 0.4) is 0 Å². The number of nitrogens with zero attached hydrogens (tertiary/aromatic N) is 1. The molecule has 0 radical (unpaired) electrons. The largest absolute Gasteiger partial charge is 0.353 e. The van der Waals surface area contributed by atoms with Crippen molar-refractivity contribution in [3.8, 4) is 0 Å². The van der Waals surface area contributed by atoms with Gasteiger partial charge in [0.05, 0.1) is 5.41 Å². The number of carbonyl (C=O) groups is 1. The lowest BCUT2D eigenvalue weighted by molar-refractivity contribution is -0.132. The molecule has 0 aromatic heterocycles. The van der Waals surface area contributed by atoms with E-state index < -0.39 is 5.41 Å². The molecule has 0 aliphatic carbocycles. The second-order valence-electron chi connectivity index (χ2n) is 7.19. The Morgan fingerprint density at radius 2 is 1.96 bits per heavy atom. The molecule has 4 heteroatoms. The Morgan fingerprint density at radius 3 is 2.50 bits per heavy atom. The molecular weight excluding hydrogens is 298 g/mol. The molecule has 0 spiro atoms. The van der Waals surface area contributed by atoms with Gasteiger partial charge in [0.2, 0.25) is 5.91 Å². The highest BCUT2D eigenvalue weighted by Gasteiger charge is 2.35. The molecule has 134 valence electrons. The van der Waals surface area contributed by atoms with Crippen LogP contribution < -0.4 is 11.1 Å². The fraction of sp³-hybridized carbons (Fsp3) is 0.650. The number of likely N-dealkylation sites (tertiary alicyclic amines) is 1. The van der Waals surface area contributed by atoms with Gasteiger partial charge in [-0.1, -0.05) is 44.2 Å². The molecule has 1 aromatic carbocycles. The Morgan fingerprint density at radius 1 is 1.29 bits per heavy atom. The van der Waals surface area contributed by atoms with Crippen molar-refractivity contribution in [2.45, 2.75) is 65.1 Å². The third kappa shape index (κ3) is 4.37. The Labute approximate surface area is 146 Å². The van der Waals surface area contributed by atoms with Crippen LogP contribution in [-0.2, 0) is 11.3 Å². The summed E-state index contributed by atoms with van der Waals surface area (Å²) in [5.74, 6) is 0.142. The highest BCUT2D eigenvalue weighted by atomic mass is 16.2. The molecule has 0 saturated carbocycles. The number of hydrogen-bond donors (Lipinski definition) is 2. The second-order valence-corrected chi connectivity index (χ2v) is 7.19. The summed E-state index contributed by atoms with van der Waals surface area (Å²) in [6.07, 6.45) is 3.62. The zero-order valence-electron chi connectivity index (χ0n) is 15.4. The SMILES string of the molecule is CCC(CC)(CN)C(=O)NC1CCN(Cc2ccccc2)C(C)C1. The van der Waals surface area contributed by atoms with Gasteiger partial charge in [-0.25, -0.2) is 0 Å². The molecule has 0 bridgehead atoms. The highest BCUT2D eigenvalue weighted by molar-refractivity contribution is 5.83. The second kappa shape index (κ2) is 8.63. The molecule has 2 atom stereocenters. The van der Waals surface area contributed by atoms with Crippen molar-refractivity contribution in [3.63, 3.8) is 0 Å². The molecular formula is C20H33N3O. The number of nitrogens with one attached hydrogen (secondary N) is 1. The lowest BCUT2D eigenvalue weighted by atomic mass is 9.81. The lowest BCUT2D eigenvalue weighted by Gasteiger charge is -2.39. The standard InChI is InChI=1S/C20H33N3O/c1-4-20(5-2,15-21)19(24)22-18-11-12-23(16(3)13-18)14-17-9-7-6-8-10-17/h6-10,16,18H,4-5,11-15,21H2,1-3H3,(H,22,24). The minimum atomic E-state index is -0.398. The van der Waals surface area contributed by atoms with E-state index in [4.69, 9.17) is 5.73 Å². The number of piperidine rings is 1. The first-order chi connectivity index (χ1) is 11.5. The molecule has 1 aliphatic rings. The van der Waals surface area contributed by atoms with Crippen LogP contribution in [0.4, 0.5) is 0 Å². The summed E-state index contributed by atoms with van der Waals surface area (Å²) in [6, 6.07) is 11.3. The van der Waals surface area contributed by atoms with Gasteiger partial charge in [-0.15, -0.1) is 0 Å². The fourth-order valence-corrected chi connectivity index (χ4v) is 3.70. The minimum Gasteiger partial charge on any atom is -0.353 e. The third-order valence-electron chi connectivity index (χ3n) is 5.80. The normalized spacial score (nSPS) is 22.3. The van der Waals surface area contributed by atoms with E-state index in [9.17, 15) is 4.79 Å². The third-order valence-corrected chi connectivity index (χ3v) is 5.80. The number of benzene rings is 1. The molecule has 1 amide bonds. The van der Waals surface area contributed by atoms with Gasteiger partial charge in [0.15, 0.2) is 0 Å². The summed E-state index contributed by atoms with van der Waals surface area (Å²) in [7, 11) is 0. The first-order valence-electron chi connectivity index (χ1n) is 9.33. The van der Waals surface area contributed by atoms with Gasteiger partial charge in [0, 0.05) is 31.7 Å². The van der Waals surface area contributed by atoms with Gasteiger partial charge in [-0.3, -0.25) is 9.69 Å². The Bertz CT molecular complexity index is 505. The molecule has 2 unspecified atom stereocenters. The van der Waals surface area contributed by atoms with Crippen molar-refractivity contribution in [1.82, 2.24) is 10.2 Å². The van der Waals surface area contributed by atoms with Crippen LogP contribution in [-0.4, -0.2) is 36.0 Å². The summed E-state index contributed by atoms with van der Waals surface area (Å²) < 4.78 is 0. The molecule has 2 rings (SSSR count). The van der Waals surface area contributed by atoms with Gasteiger partial charge < -0.3 is 11.1 Å². The minimum absolute atomic E-state index is 0.142. The lowest BCUT2D eigenvalue weighted by Crippen LogP contribution is -2.53. The van der Waals surface area contributed by atoms with Crippen LogP contribution in [0.1, 0.15) is 52.0 Å². The van der Waals surface area contributed by atoms with E-state index in [-0.39, 0.29) is 11.9 Å². The maximum atomic E-state index is 12.7. The van der Waals surface area contributed by atoms with Crippen LogP contribution in [0.2, 0.25) is 0 Å². The maximum Gasteiger partial charge on any atom is 0.227 e. The Balaban J connectivity index is 1.90. The van der Waals surface area contributed by atoms with Crippen molar-refractivity contribution in [2.24, 2.45) is 11.1 Å². The van der Waals surface area contributed by atoms with Crippen molar-refractivity contribution >= 4 is 5.91 Å². The maximum absolute atomic E-state index is 12.7. The number of hydrogen-bond acceptors (Lipinski definition) is 3. The van der Waals surface area contributed by atoms with Gasteiger partial charge in [0.1, 0.15) is 0 Å². The van der Waals surface area contributed by atoms with Crippen LogP contribution in [0.25, 0.3) is 0 Å². The summed E-state index contributed by atoms with van der Waals surface area (Å²) in [5, 5.41) is 3.28. The topological polar surface area (TPSA) is 58.4 Å². The van der Waals surface area contributed by atoms with E-state index in [2.05, 4.69) is 61.3 Å². The molecule has 4 nitrogen and oxygen atoms in total. The van der Waals surface area contributed by atoms with E-state index in [1.54, 1.807) is 0 Å². The van der Waals surface area contributed by atoms with Crippen molar-refractivity contribution in [1.29, 1.82) is 0 Å². The Kier molecular flexibility index (Phi) is 6.81. The summed E-state index contributed by atoms with van der Waals surface area (Å²) in [4.78, 5) is 15.2. The van der Waals surface area contributed by atoms with Gasteiger partial charge in [0.25, 0.3) is 0 Å². The van der Waals surface area contributed by atoms with Gasteiger partial charge in [-0.2, -0.15) is 0 Å². The van der Waals surface area contributed by atoms with Crippen LogP contribution in [0.15, 0.2) is 30.3 Å². The van der Waals surface area contributed by atoms with Crippen LogP contribution in [0, 0.1) is 5.41 Å². The number of amides is 1. The molecule has 3 N–H and O–H groups in total. The molecule has 1 saturated heterocycles. The summed E-state index contributed by atoms with van der Waals surface area (Å²) >= 11 is 0. The molecule has 1 aromatic rings. The van der Waals surface area contributed by atoms with Crippen LogP contribution >= 0.6 is 0 Å². The first kappa shape index (κ1) is 18.9. The van der Waals surface area contributed by atoms with E-state index >= 15 is 0 Å². The summed E-state index contributed by atoms with van der Waals surface area (Å²) in [5.41, 5.74) is 6.86. The van der Waals surface area contributed by atoms with E-state index in [1.165, 1.54) is 5.56 Å². The van der Waals surface area contributed by atoms with Crippen molar-refractivity contribution in [2.75, 3.05) is 13.1 Å². The zero-order chi connectivity index (χ0) is 17.6. The highest BCUT2D eigenvalue weighted by Crippen LogP contribution is 2.27.